The van der Waals surface area contributed by atoms with E-state index in [4.69, 9.17) is 0 Å². The Bertz CT molecular complexity index is 350. The van der Waals surface area contributed by atoms with Gasteiger partial charge in [-0.05, 0) is 45.5 Å². The van der Waals surface area contributed by atoms with Gasteiger partial charge in [-0.15, -0.1) is 0 Å². The SMILES string of the molecule is CCN(CC)CCCC(C)Nc1cncc(NC)c1. The van der Waals surface area contributed by atoms with E-state index in [1.54, 1.807) is 0 Å². The molecule has 19 heavy (non-hydrogen) atoms. The van der Waals surface area contributed by atoms with Crippen molar-refractivity contribution in [2.45, 2.75) is 39.7 Å². The van der Waals surface area contributed by atoms with E-state index >= 15 is 0 Å². The summed E-state index contributed by atoms with van der Waals surface area (Å²) in [5.41, 5.74) is 2.13. The lowest BCUT2D eigenvalue weighted by molar-refractivity contribution is 0.295. The summed E-state index contributed by atoms with van der Waals surface area (Å²) in [6.45, 7) is 10.2. The topological polar surface area (TPSA) is 40.2 Å². The third-order valence-electron chi connectivity index (χ3n) is 3.45. The Morgan fingerprint density at radius 1 is 1.21 bits per heavy atom. The lowest BCUT2D eigenvalue weighted by Crippen LogP contribution is -2.25. The molecule has 0 aliphatic rings. The van der Waals surface area contributed by atoms with Gasteiger partial charge in [-0.3, -0.25) is 4.98 Å². The number of rotatable bonds is 9. The third-order valence-corrected chi connectivity index (χ3v) is 3.45. The van der Waals surface area contributed by atoms with Gasteiger partial charge in [0, 0.05) is 13.1 Å². The zero-order valence-corrected chi connectivity index (χ0v) is 12.7. The second-order valence-electron chi connectivity index (χ2n) is 4.93. The molecule has 1 aromatic heterocycles. The van der Waals surface area contributed by atoms with E-state index in [1.165, 1.54) is 19.4 Å². The van der Waals surface area contributed by atoms with Crippen molar-refractivity contribution in [3.63, 3.8) is 0 Å². The number of nitrogens with zero attached hydrogens (tertiary/aromatic N) is 2. The molecule has 0 saturated carbocycles. The van der Waals surface area contributed by atoms with Crippen molar-refractivity contribution in [3.8, 4) is 0 Å². The van der Waals surface area contributed by atoms with E-state index in [2.05, 4.69) is 47.4 Å². The lowest BCUT2D eigenvalue weighted by atomic mass is 10.1. The highest BCUT2D eigenvalue weighted by Crippen LogP contribution is 2.14. The summed E-state index contributed by atoms with van der Waals surface area (Å²) in [7, 11) is 1.91. The van der Waals surface area contributed by atoms with Gasteiger partial charge >= 0.3 is 0 Å². The highest BCUT2D eigenvalue weighted by molar-refractivity contribution is 5.53. The summed E-state index contributed by atoms with van der Waals surface area (Å²) >= 11 is 0. The van der Waals surface area contributed by atoms with Crippen molar-refractivity contribution < 1.29 is 0 Å². The minimum atomic E-state index is 0.476. The summed E-state index contributed by atoms with van der Waals surface area (Å²) < 4.78 is 0. The number of hydrogen-bond acceptors (Lipinski definition) is 4. The fourth-order valence-electron chi connectivity index (χ4n) is 2.17. The van der Waals surface area contributed by atoms with E-state index in [1.807, 2.05) is 19.4 Å². The summed E-state index contributed by atoms with van der Waals surface area (Å²) in [5, 5.41) is 6.61. The molecule has 0 saturated heterocycles. The highest BCUT2D eigenvalue weighted by atomic mass is 15.1. The molecular formula is C15H28N4. The van der Waals surface area contributed by atoms with Crippen LogP contribution in [0.5, 0.6) is 0 Å². The van der Waals surface area contributed by atoms with Crippen molar-refractivity contribution in [2.75, 3.05) is 37.3 Å². The van der Waals surface area contributed by atoms with Gasteiger partial charge in [0.05, 0.1) is 23.8 Å². The molecule has 4 nitrogen and oxygen atoms in total. The molecule has 4 heteroatoms. The molecule has 1 unspecified atom stereocenters. The summed E-state index contributed by atoms with van der Waals surface area (Å²) in [6, 6.07) is 2.57. The normalized spacial score (nSPS) is 12.5. The standard InChI is InChI=1S/C15H28N4/c1-5-19(6-2)9-7-8-13(3)18-15-10-14(16-4)11-17-12-15/h10-13,16,18H,5-9H2,1-4H3. The largest absolute Gasteiger partial charge is 0.387 e. The van der Waals surface area contributed by atoms with Crippen LogP contribution in [0.3, 0.4) is 0 Å². The van der Waals surface area contributed by atoms with E-state index < -0.39 is 0 Å². The molecule has 108 valence electrons. The molecule has 0 amide bonds. The second-order valence-corrected chi connectivity index (χ2v) is 4.93. The Hall–Kier alpha value is -1.29. The Balaban J connectivity index is 2.32. The summed E-state index contributed by atoms with van der Waals surface area (Å²) in [6.07, 6.45) is 6.12. The number of nitrogens with one attached hydrogen (secondary N) is 2. The molecule has 0 aromatic carbocycles. The van der Waals surface area contributed by atoms with Gasteiger partial charge in [-0.25, -0.2) is 0 Å². The molecule has 1 rings (SSSR count). The van der Waals surface area contributed by atoms with Crippen LogP contribution in [0.25, 0.3) is 0 Å². The van der Waals surface area contributed by atoms with Crippen LogP contribution in [-0.4, -0.2) is 42.6 Å². The summed E-state index contributed by atoms with van der Waals surface area (Å²) in [4.78, 5) is 6.68. The van der Waals surface area contributed by atoms with Crippen LogP contribution in [0.2, 0.25) is 0 Å². The molecule has 0 spiro atoms. The molecule has 1 atom stereocenters. The molecule has 0 aliphatic carbocycles. The smallest absolute Gasteiger partial charge is 0.0549 e. The predicted octanol–water partition coefficient (Wildman–Crippen LogP) is 3.05. The van der Waals surface area contributed by atoms with Crippen LogP contribution >= 0.6 is 0 Å². The van der Waals surface area contributed by atoms with E-state index in [9.17, 15) is 0 Å². The first-order valence-corrected chi connectivity index (χ1v) is 7.31. The first-order chi connectivity index (χ1) is 9.19. The van der Waals surface area contributed by atoms with Gasteiger partial charge in [0.25, 0.3) is 0 Å². The second kappa shape index (κ2) is 8.75. The van der Waals surface area contributed by atoms with Crippen molar-refractivity contribution in [1.29, 1.82) is 0 Å². The van der Waals surface area contributed by atoms with E-state index in [-0.39, 0.29) is 0 Å². The maximum atomic E-state index is 4.21. The Morgan fingerprint density at radius 2 is 1.89 bits per heavy atom. The average molecular weight is 264 g/mol. The first kappa shape index (κ1) is 15.8. The lowest BCUT2D eigenvalue weighted by Gasteiger charge is -2.20. The maximum Gasteiger partial charge on any atom is 0.0549 e. The monoisotopic (exact) mass is 264 g/mol. The molecule has 2 N–H and O–H groups in total. The number of aromatic nitrogens is 1. The minimum absolute atomic E-state index is 0.476. The van der Waals surface area contributed by atoms with Crippen LogP contribution in [0.15, 0.2) is 18.5 Å². The van der Waals surface area contributed by atoms with Crippen LogP contribution < -0.4 is 10.6 Å². The van der Waals surface area contributed by atoms with Crippen LogP contribution in [-0.2, 0) is 0 Å². The van der Waals surface area contributed by atoms with E-state index in [0.717, 1.165) is 24.5 Å². The van der Waals surface area contributed by atoms with Crippen molar-refractivity contribution >= 4 is 11.4 Å². The molecular weight excluding hydrogens is 236 g/mol. The Kier molecular flexibility index (Phi) is 7.26. The quantitative estimate of drug-likeness (QED) is 0.719. The van der Waals surface area contributed by atoms with Crippen LogP contribution in [0.1, 0.15) is 33.6 Å². The Labute approximate surface area is 117 Å². The van der Waals surface area contributed by atoms with Gasteiger partial charge in [0.1, 0.15) is 0 Å². The fourth-order valence-corrected chi connectivity index (χ4v) is 2.17. The van der Waals surface area contributed by atoms with Gasteiger partial charge < -0.3 is 15.5 Å². The predicted molar refractivity (Wildman–Crippen MR) is 83.9 cm³/mol. The number of anilines is 2. The van der Waals surface area contributed by atoms with Gasteiger partial charge in [0.15, 0.2) is 0 Å². The zero-order valence-electron chi connectivity index (χ0n) is 12.7. The molecule has 0 fully saturated rings. The number of hydrogen-bond donors (Lipinski definition) is 2. The highest BCUT2D eigenvalue weighted by Gasteiger charge is 2.04. The first-order valence-electron chi connectivity index (χ1n) is 7.31. The molecule has 0 aliphatic heterocycles. The van der Waals surface area contributed by atoms with Crippen molar-refractivity contribution in [2.24, 2.45) is 0 Å². The van der Waals surface area contributed by atoms with Crippen molar-refractivity contribution in [3.05, 3.63) is 18.5 Å². The van der Waals surface area contributed by atoms with Gasteiger partial charge in [-0.1, -0.05) is 13.8 Å². The molecule has 1 aromatic rings. The van der Waals surface area contributed by atoms with Crippen LogP contribution in [0, 0.1) is 0 Å². The average Bonchev–Trinajstić information content (AvgIpc) is 2.44. The molecule has 1 heterocycles. The Morgan fingerprint density at radius 3 is 2.53 bits per heavy atom. The van der Waals surface area contributed by atoms with Gasteiger partial charge in [-0.2, -0.15) is 0 Å². The maximum absolute atomic E-state index is 4.21. The minimum Gasteiger partial charge on any atom is -0.387 e. The fraction of sp³-hybridized carbons (Fsp3) is 0.667. The summed E-state index contributed by atoms with van der Waals surface area (Å²) in [5.74, 6) is 0. The molecule has 0 bridgehead atoms. The van der Waals surface area contributed by atoms with Crippen LogP contribution in [0.4, 0.5) is 11.4 Å². The van der Waals surface area contributed by atoms with Crippen molar-refractivity contribution in [1.82, 2.24) is 9.88 Å². The zero-order chi connectivity index (χ0) is 14.1. The van der Waals surface area contributed by atoms with Gasteiger partial charge in [0.2, 0.25) is 0 Å². The third kappa shape index (κ3) is 5.92. The van der Waals surface area contributed by atoms with E-state index in [0.29, 0.717) is 6.04 Å². The molecule has 0 radical (unpaired) electrons. The number of pyridine rings is 1.